The van der Waals surface area contributed by atoms with Gasteiger partial charge >= 0.3 is 0 Å². The van der Waals surface area contributed by atoms with E-state index in [4.69, 9.17) is 9.47 Å². The third-order valence-corrected chi connectivity index (χ3v) is 3.76. The largest absolute Gasteiger partial charge is 0.378 e. The molecule has 1 aromatic carbocycles. The molecule has 0 aromatic heterocycles. The summed E-state index contributed by atoms with van der Waals surface area (Å²) < 4.78 is 12.5. The summed E-state index contributed by atoms with van der Waals surface area (Å²) >= 11 is 3.51. The molecule has 0 N–H and O–H groups in total. The van der Waals surface area contributed by atoms with Gasteiger partial charge in [-0.05, 0) is 24.6 Å². The van der Waals surface area contributed by atoms with E-state index < -0.39 is 0 Å². The molecule has 2 atom stereocenters. The van der Waals surface area contributed by atoms with Crippen LogP contribution in [0.2, 0.25) is 0 Å². The lowest BCUT2D eigenvalue weighted by atomic mass is 9.84. The molecule has 0 spiro atoms. The molecule has 0 unspecified atom stereocenters. The first kappa shape index (κ1) is 12.1. The van der Waals surface area contributed by atoms with Gasteiger partial charge in [0.25, 0.3) is 0 Å². The summed E-state index contributed by atoms with van der Waals surface area (Å²) in [6.45, 7) is 2.87. The summed E-state index contributed by atoms with van der Waals surface area (Å²) in [5, 5.41) is 0. The van der Waals surface area contributed by atoms with E-state index in [2.05, 4.69) is 41.1 Å². The van der Waals surface area contributed by atoms with Crippen molar-refractivity contribution >= 4 is 15.9 Å². The molecule has 88 valence electrons. The molecule has 1 aromatic rings. The molecule has 0 aliphatic carbocycles. The van der Waals surface area contributed by atoms with Crippen molar-refractivity contribution in [1.82, 2.24) is 0 Å². The van der Waals surface area contributed by atoms with Crippen LogP contribution in [0.3, 0.4) is 0 Å². The molecule has 1 aliphatic heterocycles. The summed E-state index contributed by atoms with van der Waals surface area (Å²) in [6, 6.07) is 8.36. The third-order valence-electron chi connectivity index (χ3n) is 3.27. The van der Waals surface area contributed by atoms with Crippen LogP contribution in [0.25, 0.3) is 0 Å². The Morgan fingerprint density at radius 1 is 1.50 bits per heavy atom. The predicted molar refractivity (Wildman–Crippen MR) is 67.5 cm³/mol. The molecule has 1 heterocycles. The topological polar surface area (TPSA) is 18.5 Å². The van der Waals surface area contributed by atoms with E-state index in [1.165, 1.54) is 5.56 Å². The second-order valence-corrected chi connectivity index (χ2v) is 5.26. The van der Waals surface area contributed by atoms with E-state index in [9.17, 15) is 0 Å². The Kier molecular flexibility index (Phi) is 3.67. The fraction of sp³-hybridized carbons (Fsp3) is 0.538. The zero-order valence-corrected chi connectivity index (χ0v) is 11.3. The van der Waals surface area contributed by atoms with Crippen molar-refractivity contribution in [1.29, 1.82) is 0 Å². The highest BCUT2D eigenvalue weighted by Gasteiger charge is 2.37. The van der Waals surface area contributed by atoms with Gasteiger partial charge in [0.05, 0.1) is 18.3 Å². The number of rotatable bonds is 2. The Bertz CT molecular complexity index is 367. The molecule has 0 saturated carbocycles. The molecule has 2 nitrogen and oxygen atoms in total. The van der Waals surface area contributed by atoms with Crippen molar-refractivity contribution in [3.63, 3.8) is 0 Å². The summed E-state index contributed by atoms with van der Waals surface area (Å²) in [5.41, 5.74) is 1.06. The van der Waals surface area contributed by atoms with E-state index in [1.807, 2.05) is 6.07 Å². The molecule has 2 rings (SSSR count). The molecule has 3 heteroatoms. The molecule has 0 radical (unpaired) electrons. The van der Waals surface area contributed by atoms with Gasteiger partial charge in [0.2, 0.25) is 0 Å². The highest BCUT2D eigenvalue weighted by atomic mass is 79.9. The van der Waals surface area contributed by atoms with Crippen molar-refractivity contribution in [3.8, 4) is 0 Å². The summed E-state index contributed by atoms with van der Waals surface area (Å²) in [4.78, 5) is 0. The standard InChI is InChI=1S/C13H17BrO2/c1-10-9-13(15-2,6-7-16-10)11-4-3-5-12(14)8-11/h3-5,8,10H,6-7,9H2,1-2H3/t10-,13+/m0/s1. The molecule has 1 fully saturated rings. The average Bonchev–Trinajstić information content (AvgIpc) is 2.29. The monoisotopic (exact) mass is 284 g/mol. The lowest BCUT2D eigenvalue weighted by molar-refractivity contribution is -0.122. The van der Waals surface area contributed by atoms with Crippen LogP contribution in [-0.2, 0) is 15.1 Å². The number of hydrogen-bond acceptors (Lipinski definition) is 2. The minimum atomic E-state index is -0.179. The van der Waals surface area contributed by atoms with Crippen molar-refractivity contribution in [3.05, 3.63) is 34.3 Å². The zero-order valence-electron chi connectivity index (χ0n) is 9.70. The summed E-state index contributed by atoms with van der Waals surface area (Å²) in [7, 11) is 1.79. The number of methoxy groups -OCH3 is 1. The summed E-state index contributed by atoms with van der Waals surface area (Å²) in [6.07, 6.45) is 2.09. The van der Waals surface area contributed by atoms with Crippen molar-refractivity contribution in [2.75, 3.05) is 13.7 Å². The van der Waals surface area contributed by atoms with Crippen LogP contribution in [0.1, 0.15) is 25.3 Å². The van der Waals surface area contributed by atoms with Gasteiger partial charge in [-0.15, -0.1) is 0 Å². The smallest absolute Gasteiger partial charge is 0.0974 e. The third kappa shape index (κ3) is 2.31. The number of benzene rings is 1. The lowest BCUT2D eigenvalue weighted by Crippen LogP contribution is -2.39. The van der Waals surface area contributed by atoms with Crippen LogP contribution in [-0.4, -0.2) is 19.8 Å². The van der Waals surface area contributed by atoms with Gasteiger partial charge in [0, 0.05) is 24.4 Å². The van der Waals surface area contributed by atoms with E-state index in [-0.39, 0.29) is 11.7 Å². The van der Waals surface area contributed by atoms with Crippen LogP contribution in [0.4, 0.5) is 0 Å². The highest BCUT2D eigenvalue weighted by molar-refractivity contribution is 9.10. The van der Waals surface area contributed by atoms with E-state index in [0.29, 0.717) is 0 Å². The molecule has 16 heavy (non-hydrogen) atoms. The van der Waals surface area contributed by atoms with Gasteiger partial charge in [-0.3, -0.25) is 0 Å². The van der Waals surface area contributed by atoms with Crippen LogP contribution >= 0.6 is 15.9 Å². The SMILES string of the molecule is CO[C@]1(c2cccc(Br)c2)CCO[C@@H](C)C1. The van der Waals surface area contributed by atoms with Gasteiger partial charge < -0.3 is 9.47 Å². The fourth-order valence-electron chi connectivity index (χ4n) is 2.39. The Labute approximate surface area is 105 Å². The molecule has 0 amide bonds. The molecule has 0 bridgehead atoms. The summed E-state index contributed by atoms with van der Waals surface area (Å²) in [5.74, 6) is 0. The van der Waals surface area contributed by atoms with E-state index >= 15 is 0 Å². The molecule has 1 aliphatic rings. The normalized spacial score (nSPS) is 30.3. The zero-order chi connectivity index (χ0) is 11.6. The second kappa shape index (κ2) is 4.86. The van der Waals surface area contributed by atoms with Crippen LogP contribution < -0.4 is 0 Å². The van der Waals surface area contributed by atoms with E-state index in [1.54, 1.807) is 7.11 Å². The van der Waals surface area contributed by atoms with Gasteiger partial charge in [-0.1, -0.05) is 28.1 Å². The Hall–Kier alpha value is -0.380. The Morgan fingerprint density at radius 3 is 2.94 bits per heavy atom. The number of ether oxygens (including phenoxy) is 2. The lowest BCUT2D eigenvalue weighted by Gasteiger charge is -2.39. The Morgan fingerprint density at radius 2 is 2.31 bits per heavy atom. The number of halogens is 1. The van der Waals surface area contributed by atoms with Crippen LogP contribution in [0, 0.1) is 0 Å². The number of hydrogen-bond donors (Lipinski definition) is 0. The van der Waals surface area contributed by atoms with Gasteiger partial charge in [0.1, 0.15) is 0 Å². The van der Waals surface area contributed by atoms with Crippen LogP contribution in [0.5, 0.6) is 0 Å². The van der Waals surface area contributed by atoms with Crippen molar-refractivity contribution < 1.29 is 9.47 Å². The first-order chi connectivity index (χ1) is 7.66. The van der Waals surface area contributed by atoms with Crippen molar-refractivity contribution in [2.45, 2.75) is 31.5 Å². The first-order valence-corrected chi connectivity index (χ1v) is 6.38. The van der Waals surface area contributed by atoms with Gasteiger partial charge in [-0.2, -0.15) is 0 Å². The predicted octanol–water partition coefficient (Wildman–Crippen LogP) is 3.49. The van der Waals surface area contributed by atoms with Crippen LogP contribution in [0.15, 0.2) is 28.7 Å². The minimum Gasteiger partial charge on any atom is -0.378 e. The minimum absolute atomic E-state index is 0.179. The van der Waals surface area contributed by atoms with Gasteiger partial charge in [0.15, 0.2) is 0 Å². The maximum Gasteiger partial charge on any atom is 0.0974 e. The quantitative estimate of drug-likeness (QED) is 0.828. The first-order valence-electron chi connectivity index (χ1n) is 5.59. The fourth-order valence-corrected chi connectivity index (χ4v) is 2.79. The highest BCUT2D eigenvalue weighted by Crippen LogP contribution is 2.38. The maximum absolute atomic E-state index is 5.79. The van der Waals surface area contributed by atoms with Gasteiger partial charge in [-0.25, -0.2) is 0 Å². The van der Waals surface area contributed by atoms with E-state index in [0.717, 1.165) is 23.9 Å². The Balaban J connectivity index is 2.33. The molecular formula is C13H17BrO2. The maximum atomic E-state index is 5.79. The van der Waals surface area contributed by atoms with Crippen molar-refractivity contribution in [2.24, 2.45) is 0 Å². The second-order valence-electron chi connectivity index (χ2n) is 4.34. The molecular weight excluding hydrogens is 268 g/mol. The average molecular weight is 285 g/mol. The molecule has 1 saturated heterocycles.